The third-order valence-electron chi connectivity index (χ3n) is 2.46. The van der Waals surface area contributed by atoms with Gasteiger partial charge in [-0.15, -0.1) is 0 Å². The standard InChI is InChI=1S/C10H24N2/c1-3-5-7-10(12)9(8-11)6-4-2/h9-10H,3-8,11-12H2,1-2H3/t9-,10+/m1/s1. The molecule has 0 fully saturated rings. The second-order valence-corrected chi connectivity index (χ2v) is 3.59. The van der Waals surface area contributed by atoms with Crippen LogP contribution in [0.4, 0.5) is 0 Å². The van der Waals surface area contributed by atoms with Gasteiger partial charge in [0.15, 0.2) is 0 Å². The Kier molecular flexibility index (Phi) is 7.51. The number of unbranched alkanes of at least 4 members (excludes halogenated alkanes) is 1. The maximum absolute atomic E-state index is 6.02. The van der Waals surface area contributed by atoms with Crippen molar-refractivity contribution < 1.29 is 0 Å². The summed E-state index contributed by atoms with van der Waals surface area (Å²) in [6, 6.07) is 0.329. The van der Waals surface area contributed by atoms with Crippen LogP contribution in [0.5, 0.6) is 0 Å². The summed E-state index contributed by atoms with van der Waals surface area (Å²) < 4.78 is 0. The zero-order valence-corrected chi connectivity index (χ0v) is 8.55. The molecule has 0 spiro atoms. The Morgan fingerprint density at radius 2 is 1.75 bits per heavy atom. The molecule has 0 rings (SSSR count). The lowest BCUT2D eigenvalue weighted by Crippen LogP contribution is -2.34. The molecule has 0 aromatic carbocycles. The molecule has 0 bridgehead atoms. The molecule has 12 heavy (non-hydrogen) atoms. The van der Waals surface area contributed by atoms with Gasteiger partial charge in [-0.1, -0.05) is 33.1 Å². The summed E-state index contributed by atoms with van der Waals surface area (Å²) in [6.07, 6.45) is 5.99. The normalized spacial score (nSPS) is 16.0. The fourth-order valence-corrected chi connectivity index (χ4v) is 1.55. The van der Waals surface area contributed by atoms with Gasteiger partial charge in [0.1, 0.15) is 0 Å². The topological polar surface area (TPSA) is 52.0 Å². The maximum Gasteiger partial charge on any atom is 0.00791 e. The molecule has 0 aliphatic carbocycles. The minimum absolute atomic E-state index is 0.329. The SMILES string of the molecule is CCCC[C@H](N)[C@@H](CN)CCC. The number of nitrogens with two attached hydrogens (primary N) is 2. The predicted molar refractivity (Wildman–Crippen MR) is 55.0 cm³/mol. The highest BCUT2D eigenvalue weighted by Crippen LogP contribution is 2.13. The molecule has 0 heterocycles. The summed E-state index contributed by atoms with van der Waals surface area (Å²) in [6.45, 7) is 5.14. The van der Waals surface area contributed by atoms with Crippen LogP contribution in [0, 0.1) is 5.92 Å². The van der Waals surface area contributed by atoms with Crippen LogP contribution in [-0.4, -0.2) is 12.6 Å². The van der Waals surface area contributed by atoms with Crippen molar-refractivity contribution in [1.29, 1.82) is 0 Å². The van der Waals surface area contributed by atoms with E-state index in [9.17, 15) is 0 Å². The third kappa shape index (κ3) is 4.73. The first kappa shape index (κ1) is 11.9. The summed E-state index contributed by atoms with van der Waals surface area (Å²) >= 11 is 0. The van der Waals surface area contributed by atoms with Gasteiger partial charge in [-0.3, -0.25) is 0 Å². The zero-order chi connectivity index (χ0) is 9.40. The molecule has 2 nitrogen and oxygen atoms in total. The lowest BCUT2D eigenvalue weighted by atomic mass is 9.92. The number of rotatable bonds is 7. The van der Waals surface area contributed by atoms with Crippen LogP contribution in [0.1, 0.15) is 46.0 Å². The smallest absolute Gasteiger partial charge is 0.00791 e. The number of hydrogen-bond acceptors (Lipinski definition) is 2. The summed E-state index contributed by atoms with van der Waals surface area (Å²) in [4.78, 5) is 0. The molecular formula is C10H24N2. The van der Waals surface area contributed by atoms with Crippen LogP contribution in [-0.2, 0) is 0 Å². The first-order chi connectivity index (χ1) is 5.76. The largest absolute Gasteiger partial charge is 0.330 e. The van der Waals surface area contributed by atoms with Crippen molar-refractivity contribution in [3.8, 4) is 0 Å². The van der Waals surface area contributed by atoms with Gasteiger partial charge in [-0.2, -0.15) is 0 Å². The van der Waals surface area contributed by atoms with E-state index in [4.69, 9.17) is 11.5 Å². The molecule has 0 aliphatic rings. The van der Waals surface area contributed by atoms with E-state index >= 15 is 0 Å². The molecule has 0 aromatic rings. The van der Waals surface area contributed by atoms with Gasteiger partial charge in [0.05, 0.1) is 0 Å². The van der Waals surface area contributed by atoms with E-state index in [-0.39, 0.29) is 0 Å². The van der Waals surface area contributed by atoms with E-state index in [0.29, 0.717) is 12.0 Å². The Balaban J connectivity index is 3.60. The van der Waals surface area contributed by atoms with Crippen molar-refractivity contribution in [1.82, 2.24) is 0 Å². The van der Waals surface area contributed by atoms with E-state index in [1.54, 1.807) is 0 Å². The van der Waals surface area contributed by atoms with Gasteiger partial charge in [0, 0.05) is 6.04 Å². The highest BCUT2D eigenvalue weighted by Gasteiger charge is 2.13. The van der Waals surface area contributed by atoms with Crippen molar-refractivity contribution in [2.45, 2.75) is 52.0 Å². The first-order valence-electron chi connectivity index (χ1n) is 5.21. The predicted octanol–water partition coefficient (Wildman–Crippen LogP) is 1.88. The van der Waals surface area contributed by atoms with Crippen LogP contribution < -0.4 is 11.5 Å². The zero-order valence-electron chi connectivity index (χ0n) is 8.55. The van der Waals surface area contributed by atoms with Gasteiger partial charge >= 0.3 is 0 Å². The molecule has 0 saturated heterocycles. The minimum atomic E-state index is 0.329. The molecule has 0 saturated carbocycles. The van der Waals surface area contributed by atoms with Gasteiger partial charge < -0.3 is 11.5 Å². The molecule has 4 N–H and O–H groups in total. The molecule has 0 unspecified atom stereocenters. The average Bonchev–Trinajstić information content (AvgIpc) is 2.10. The molecular weight excluding hydrogens is 148 g/mol. The van der Waals surface area contributed by atoms with Crippen LogP contribution in [0.3, 0.4) is 0 Å². The second kappa shape index (κ2) is 7.56. The van der Waals surface area contributed by atoms with E-state index < -0.39 is 0 Å². The lowest BCUT2D eigenvalue weighted by molar-refractivity contribution is 0.373. The highest BCUT2D eigenvalue weighted by molar-refractivity contribution is 4.73. The van der Waals surface area contributed by atoms with Crippen LogP contribution >= 0.6 is 0 Å². The summed E-state index contributed by atoms with van der Waals surface area (Å²) in [7, 11) is 0. The van der Waals surface area contributed by atoms with Crippen molar-refractivity contribution in [2.24, 2.45) is 17.4 Å². The van der Waals surface area contributed by atoms with Crippen molar-refractivity contribution in [3.05, 3.63) is 0 Å². The summed E-state index contributed by atoms with van der Waals surface area (Å²) in [5, 5.41) is 0. The van der Waals surface area contributed by atoms with Gasteiger partial charge in [0.2, 0.25) is 0 Å². The lowest BCUT2D eigenvalue weighted by Gasteiger charge is -2.21. The van der Waals surface area contributed by atoms with Crippen LogP contribution in [0.15, 0.2) is 0 Å². The Hall–Kier alpha value is -0.0800. The van der Waals surface area contributed by atoms with Crippen LogP contribution in [0.25, 0.3) is 0 Å². The van der Waals surface area contributed by atoms with Gasteiger partial charge in [-0.25, -0.2) is 0 Å². The fourth-order valence-electron chi connectivity index (χ4n) is 1.55. The molecule has 2 heteroatoms. The Bertz CT molecular complexity index is 93.8. The quantitative estimate of drug-likeness (QED) is 0.616. The first-order valence-corrected chi connectivity index (χ1v) is 5.21. The van der Waals surface area contributed by atoms with Gasteiger partial charge in [0.25, 0.3) is 0 Å². The van der Waals surface area contributed by atoms with Crippen molar-refractivity contribution in [3.63, 3.8) is 0 Å². The Labute approximate surface area is 76.7 Å². The number of hydrogen-bond donors (Lipinski definition) is 2. The van der Waals surface area contributed by atoms with E-state index in [1.807, 2.05) is 0 Å². The molecule has 0 amide bonds. The maximum atomic E-state index is 6.02. The Morgan fingerprint density at radius 1 is 1.08 bits per heavy atom. The fraction of sp³-hybridized carbons (Fsp3) is 1.00. The third-order valence-corrected chi connectivity index (χ3v) is 2.46. The van der Waals surface area contributed by atoms with Crippen molar-refractivity contribution >= 4 is 0 Å². The minimum Gasteiger partial charge on any atom is -0.330 e. The highest BCUT2D eigenvalue weighted by atomic mass is 14.7. The molecule has 2 atom stereocenters. The molecule has 0 aromatic heterocycles. The Morgan fingerprint density at radius 3 is 2.17 bits per heavy atom. The summed E-state index contributed by atoms with van der Waals surface area (Å²) in [5.74, 6) is 0.543. The van der Waals surface area contributed by atoms with E-state index in [2.05, 4.69) is 13.8 Å². The second-order valence-electron chi connectivity index (χ2n) is 3.59. The monoisotopic (exact) mass is 172 g/mol. The van der Waals surface area contributed by atoms with Crippen molar-refractivity contribution in [2.75, 3.05) is 6.54 Å². The summed E-state index contributed by atoms with van der Waals surface area (Å²) in [5.41, 5.74) is 11.7. The van der Waals surface area contributed by atoms with Gasteiger partial charge in [-0.05, 0) is 25.3 Å². The molecule has 0 aliphatic heterocycles. The van der Waals surface area contributed by atoms with E-state index in [0.717, 1.165) is 13.0 Å². The average molecular weight is 172 g/mol. The molecule has 74 valence electrons. The molecule has 0 radical (unpaired) electrons. The van der Waals surface area contributed by atoms with Crippen LogP contribution in [0.2, 0.25) is 0 Å². The van der Waals surface area contributed by atoms with E-state index in [1.165, 1.54) is 25.7 Å².